The summed E-state index contributed by atoms with van der Waals surface area (Å²) in [5.74, 6) is -14.4. The lowest BCUT2D eigenvalue weighted by Crippen LogP contribution is -2.41. The number of aliphatic hydroxyl groups is 2. The summed E-state index contributed by atoms with van der Waals surface area (Å²) in [6.07, 6.45) is -39.6. The van der Waals surface area contributed by atoms with E-state index in [0.717, 1.165) is 0 Å². The van der Waals surface area contributed by atoms with Crippen LogP contribution in [0.2, 0.25) is 0 Å². The Kier molecular flexibility index (Phi) is 39.0. The number of phosphoric acid groups is 2. The van der Waals surface area contributed by atoms with Crippen LogP contribution in [-0.2, 0) is 70.0 Å². The van der Waals surface area contributed by atoms with Gasteiger partial charge in [-0.2, -0.15) is 84.3 Å². The van der Waals surface area contributed by atoms with Crippen LogP contribution in [0.15, 0.2) is 0 Å². The second-order valence-electron chi connectivity index (χ2n) is 20.1. The average molecular weight is 1430 g/mol. The normalized spacial score (nSPS) is 14.9. The number of alkyl halides is 18. The highest BCUT2D eigenvalue weighted by Crippen LogP contribution is 2.51. The highest BCUT2D eigenvalue weighted by Gasteiger charge is 2.44. The minimum Gasteiger partial charge on any atom is -0.394 e. The van der Waals surface area contributed by atoms with E-state index in [1.807, 2.05) is 0 Å². The number of halogens is 18. The van der Waals surface area contributed by atoms with E-state index >= 15 is 0 Å². The maximum absolute atomic E-state index is 13.7. The predicted octanol–water partition coefficient (Wildman–Crippen LogP) is 6.45. The van der Waals surface area contributed by atoms with Crippen molar-refractivity contribution in [1.29, 1.82) is 5.26 Å². The zero-order valence-electron chi connectivity index (χ0n) is 48.5. The Morgan fingerprint density at radius 3 is 1.07 bits per heavy atom. The third-order valence-electron chi connectivity index (χ3n) is 12.5. The molecule has 0 aliphatic carbocycles. The maximum Gasteiger partial charge on any atom is 0.475 e. The number of nitrogens with zero attached hydrogens (tertiary/aromatic N) is 1. The highest BCUT2D eigenvalue weighted by molar-refractivity contribution is 7.48. The third-order valence-corrected chi connectivity index (χ3v) is 15.0. The second-order valence-corrected chi connectivity index (χ2v) is 23.1. The van der Waals surface area contributed by atoms with Gasteiger partial charge in [-0.3, -0.25) is 51.4 Å². The summed E-state index contributed by atoms with van der Waals surface area (Å²) in [5.41, 5.74) is -3.15. The summed E-state index contributed by atoms with van der Waals surface area (Å²) in [4.78, 5) is 78.7. The van der Waals surface area contributed by atoms with Crippen molar-refractivity contribution < 1.29 is 164 Å². The summed E-state index contributed by atoms with van der Waals surface area (Å²) < 4.78 is 294. The van der Waals surface area contributed by atoms with Gasteiger partial charge in [-0.15, -0.1) is 0 Å². The van der Waals surface area contributed by atoms with Gasteiger partial charge in [0.25, 0.3) is 0 Å². The molecular weight excluding hydrogens is 1350 g/mol. The SMILES string of the molecule is N#CCCOP(=O)(OCCCCCCOP(=O)(O)OCC(O)COCC(CCCNC(=O)C(F)(F)F)(CCCNC(=O)C(F)(F)F)CCNC(=O)C(F)(F)F)OC(CO)COCC(CCCNC(=O)C(F)(F)F)(CCCNC(=O)C(F)(F)F)CCNC(=O)C(F)(F)F. The fourth-order valence-electron chi connectivity index (χ4n) is 7.93. The Labute approximate surface area is 512 Å². The number of nitrogens with one attached hydrogen (secondary N) is 6. The average Bonchev–Trinajstić information content (AvgIpc) is 0.960. The largest absolute Gasteiger partial charge is 0.475 e. The van der Waals surface area contributed by atoms with E-state index < -0.39 is 242 Å². The molecule has 0 saturated heterocycles. The monoisotopic (exact) mass is 1430 g/mol. The molecule has 0 saturated carbocycles. The molecule has 0 aromatic rings. The Hall–Kier alpha value is -4.89. The van der Waals surface area contributed by atoms with Gasteiger partial charge in [-0.1, -0.05) is 12.8 Å². The van der Waals surface area contributed by atoms with Crippen LogP contribution in [0.25, 0.3) is 0 Å². The smallest absolute Gasteiger partial charge is 0.394 e. The van der Waals surface area contributed by atoms with Gasteiger partial charge in [0.15, 0.2) is 0 Å². The fraction of sp³-hybridized carbons (Fsp3) is 0.851. The van der Waals surface area contributed by atoms with Crippen LogP contribution < -0.4 is 31.9 Å². The van der Waals surface area contributed by atoms with Crippen LogP contribution in [-0.4, -0.2) is 199 Å². The first-order chi connectivity index (χ1) is 42.3. The molecule has 45 heteroatoms. The minimum atomic E-state index is -5.40. The van der Waals surface area contributed by atoms with Gasteiger partial charge in [0.1, 0.15) is 12.2 Å². The number of amides is 6. The van der Waals surface area contributed by atoms with Gasteiger partial charge in [0.05, 0.1) is 72.0 Å². The molecule has 0 radical (unpaired) electrons. The van der Waals surface area contributed by atoms with E-state index in [0.29, 0.717) is 0 Å². The van der Waals surface area contributed by atoms with Crippen molar-refractivity contribution in [3.63, 3.8) is 0 Å². The van der Waals surface area contributed by atoms with E-state index in [9.17, 15) is 132 Å². The van der Waals surface area contributed by atoms with Crippen molar-refractivity contribution in [1.82, 2.24) is 31.9 Å². The van der Waals surface area contributed by atoms with Crippen molar-refractivity contribution in [2.75, 3.05) is 98.7 Å². The van der Waals surface area contributed by atoms with Crippen molar-refractivity contribution >= 4 is 51.1 Å². The van der Waals surface area contributed by atoms with Crippen LogP contribution in [0.5, 0.6) is 0 Å². The third kappa shape index (κ3) is 39.7. The van der Waals surface area contributed by atoms with E-state index in [-0.39, 0.29) is 64.2 Å². The van der Waals surface area contributed by atoms with Gasteiger partial charge in [0.2, 0.25) is 0 Å². The van der Waals surface area contributed by atoms with Crippen molar-refractivity contribution in [2.24, 2.45) is 10.8 Å². The van der Waals surface area contributed by atoms with Crippen LogP contribution in [0.3, 0.4) is 0 Å². The van der Waals surface area contributed by atoms with Crippen LogP contribution in [0.1, 0.15) is 96.3 Å². The zero-order valence-corrected chi connectivity index (χ0v) is 50.3. The van der Waals surface area contributed by atoms with Gasteiger partial charge >= 0.3 is 88.1 Å². The zero-order chi connectivity index (χ0) is 70.7. The van der Waals surface area contributed by atoms with Gasteiger partial charge in [-0.05, 0) is 87.9 Å². The van der Waals surface area contributed by atoms with E-state index in [1.54, 1.807) is 38.0 Å². The number of unbranched alkanes of at least 4 members (excludes halogenated alkanes) is 3. The lowest BCUT2D eigenvalue weighted by atomic mass is 9.76. The van der Waals surface area contributed by atoms with Crippen LogP contribution >= 0.6 is 15.6 Å². The van der Waals surface area contributed by atoms with Gasteiger partial charge in [-0.25, -0.2) is 9.13 Å². The first kappa shape index (κ1) is 87.1. The molecule has 6 amide bonds. The number of rotatable bonds is 48. The number of ether oxygens (including phenoxy) is 2. The van der Waals surface area contributed by atoms with Crippen molar-refractivity contribution in [2.45, 2.75) is 146 Å². The van der Waals surface area contributed by atoms with Crippen LogP contribution in [0.4, 0.5) is 79.0 Å². The molecule has 0 aliphatic heterocycles. The Balaban J connectivity index is 5.82. The summed E-state index contributed by atoms with van der Waals surface area (Å²) in [7, 11) is -9.75. The number of phosphoric ester groups is 2. The lowest BCUT2D eigenvalue weighted by molar-refractivity contribution is -0.173. The number of nitriles is 1. The molecule has 4 unspecified atom stereocenters. The molecule has 0 spiro atoms. The molecule has 0 aromatic carbocycles. The quantitative estimate of drug-likeness (QED) is 0.0179. The van der Waals surface area contributed by atoms with Crippen LogP contribution in [0, 0.1) is 22.2 Å². The molecule has 0 aromatic heterocycles. The van der Waals surface area contributed by atoms with E-state index in [4.69, 9.17) is 37.4 Å². The number of hydrogen-bond acceptors (Lipinski definition) is 18. The summed E-state index contributed by atoms with van der Waals surface area (Å²) in [5, 5.41) is 38.9. The van der Waals surface area contributed by atoms with Crippen molar-refractivity contribution in [3.05, 3.63) is 0 Å². The standard InChI is InChI=1S/C47H71F18N7O18P2/c48-42(49,50)34(75)67-17-5-10-40(14-21-71-38(79)46(60,61)62,11-6-18-68-35(76)43(51,52)53)30-84-27-32(74)28-89-91(81,82)86-23-3-1-2-4-24-87-92(83,88-25-9-16-66)90-33(26-73)29-85-31-41(15-22-72-39(80)47(63,64)65,12-7-19-69-36(77)44(54,55)56)13-8-20-70-37(78)45(57,58)59/h32-33,73-74H,1-15,17-31H2,(H,67,75)(H,68,76)(H,69,77)(H,70,78)(H,71,79)(H,72,80)(H,81,82). The molecule has 0 aliphatic rings. The fourth-order valence-corrected chi connectivity index (χ4v) is 10.1. The molecule has 0 rings (SSSR count). The Morgan fingerprint density at radius 2 is 0.739 bits per heavy atom. The molecule has 92 heavy (non-hydrogen) atoms. The number of hydrogen-bond donors (Lipinski definition) is 9. The number of carbonyl (C=O) groups excluding carboxylic acids is 6. The first-order valence-electron chi connectivity index (χ1n) is 27.4. The molecule has 9 N–H and O–H groups in total. The van der Waals surface area contributed by atoms with Gasteiger partial charge in [0, 0.05) is 39.3 Å². The summed E-state index contributed by atoms with van der Waals surface area (Å²) in [6.45, 7) is -11.0. The molecule has 4 atom stereocenters. The molecular formula is C47H71F18N7O18P2. The van der Waals surface area contributed by atoms with E-state index in [2.05, 4.69) is 0 Å². The summed E-state index contributed by atoms with van der Waals surface area (Å²) >= 11 is 0. The highest BCUT2D eigenvalue weighted by atomic mass is 31.2. The van der Waals surface area contributed by atoms with Gasteiger partial charge < -0.3 is 56.5 Å². The number of carbonyl (C=O) groups is 6. The molecule has 25 nitrogen and oxygen atoms in total. The van der Waals surface area contributed by atoms with Crippen molar-refractivity contribution in [3.8, 4) is 6.07 Å². The molecule has 0 bridgehead atoms. The molecule has 538 valence electrons. The lowest BCUT2D eigenvalue weighted by Gasteiger charge is -2.35. The topological polar surface area (TPSA) is 358 Å². The predicted molar refractivity (Wildman–Crippen MR) is 275 cm³/mol. The number of aliphatic hydroxyl groups excluding tert-OH is 2. The minimum absolute atomic E-state index is 0.00217. The second kappa shape index (κ2) is 41.2. The maximum atomic E-state index is 13.7. The first-order valence-corrected chi connectivity index (χ1v) is 30.3. The summed E-state index contributed by atoms with van der Waals surface area (Å²) in [6, 6.07) is 1.68. The molecule has 0 heterocycles. The Morgan fingerprint density at radius 1 is 0.424 bits per heavy atom. The van der Waals surface area contributed by atoms with E-state index in [1.165, 1.54) is 0 Å². The molecule has 0 fully saturated rings. The Bertz CT molecular complexity index is 2320.